The number of rotatable bonds is 6. The minimum Gasteiger partial charge on any atom is -0.443 e. The predicted octanol–water partition coefficient (Wildman–Crippen LogP) is 3.08. The third-order valence-electron chi connectivity index (χ3n) is 3.90. The van der Waals surface area contributed by atoms with Crippen LogP contribution < -0.4 is 5.32 Å². The first-order chi connectivity index (χ1) is 12.1. The monoisotopic (exact) mass is 363 g/mol. The Morgan fingerprint density at radius 2 is 2.16 bits per heavy atom. The molecule has 1 fully saturated rings. The van der Waals surface area contributed by atoms with Crippen LogP contribution in [-0.2, 0) is 14.3 Å². The summed E-state index contributed by atoms with van der Waals surface area (Å²) in [5.41, 5.74) is 0.0252. The number of carbonyl (C=O) groups is 2. The van der Waals surface area contributed by atoms with Crippen LogP contribution in [0.15, 0.2) is 41.8 Å². The van der Waals surface area contributed by atoms with Gasteiger partial charge in [0, 0.05) is 18.7 Å². The highest BCUT2D eigenvalue weighted by molar-refractivity contribution is 7.11. The number of esters is 1. The van der Waals surface area contributed by atoms with Gasteiger partial charge in [-0.3, -0.25) is 4.79 Å². The van der Waals surface area contributed by atoms with Crippen LogP contribution in [0.5, 0.6) is 0 Å². The fourth-order valence-corrected chi connectivity index (χ4v) is 3.22. The zero-order valence-electron chi connectivity index (χ0n) is 13.4. The lowest BCUT2D eigenvalue weighted by Gasteiger charge is -2.19. The van der Waals surface area contributed by atoms with Crippen LogP contribution in [0, 0.1) is 5.82 Å². The summed E-state index contributed by atoms with van der Waals surface area (Å²) in [6.45, 7) is 0.977. The van der Waals surface area contributed by atoms with Gasteiger partial charge >= 0.3 is 5.97 Å². The predicted molar refractivity (Wildman–Crippen MR) is 90.9 cm³/mol. The van der Waals surface area contributed by atoms with Crippen molar-refractivity contribution >= 4 is 23.2 Å². The van der Waals surface area contributed by atoms with E-state index in [0.29, 0.717) is 18.0 Å². The molecule has 1 amide bonds. The van der Waals surface area contributed by atoms with Gasteiger partial charge in [-0.05, 0) is 30.4 Å². The lowest BCUT2D eigenvalue weighted by atomic mass is 10.1. The van der Waals surface area contributed by atoms with Crippen molar-refractivity contribution in [1.29, 1.82) is 0 Å². The highest BCUT2D eigenvalue weighted by atomic mass is 32.1. The van der Waals surface area contributed by atoms with Gasteiger partial charge in [-0.25, -0.2) is 9.18 Å². The molecule has 132 valence electrons. The summed E-state index contributed by atoms with van der Waals surface area (Å²) in [5.74, 6) is -1.82. The second-order valence-electron chi connectivity index (χ2n) is 5.66. The molecule has 1 saturated heterocycles. The molecule has 2 aromatic rings. The van der Waals surface area contributed by atoms with Crippen molar-refractivity contribution in [3.8, 4) is 0 Å². The third kappa shape index (κ3) is 4.43. The molecule has 0 saturated carbocycles. The molecule has 2 atom stereocenters. The first kappa shape index (κ1) is 17.6. The van der Waals surface area contributed by atoms with Gasteiger partial charge in [0.05, 0.1) is 6.10 Å². The van der Waals surface area contributed by atoms with Crippen molar-refractivity contribution in [3.05, 3.63) is 58.0 Å². The number of nitrogens with one attached hydrogen (secondary N) is 1. The third-order valence-corrected chi connectivity index (χ3v) is 4.75. The Bertz CT molecular complexity index is 728. The number of carbonyl (C=O) groups excluding carboxylic acids is 2. The molecular weight excluding hydrogens is 345 g/mol. The molecule has 1 aromatic carbocycles. The van der Waals surface area contributed by atoms with E-state index in [4.69, 9.17) is 9.47 Å². The van der Waals surface area contributed by atoms with Crippen LogP contribution in [0.3, 0.4) is 0 Å². The average molecular weight is 363 g/mol. The molecule has 0 aliphatic carbocycles. The SMILES string of the molecule is O=C(OC(C(=O)NCC1CCCO1)c1ccccc1F)c1cccs1. The van der Waals surface area contributed by atoms with Crippen molar-refractivity contribution in [3.63, 3.8) is 0 Å². The van der Waals surface area contributed by atoms with E-state index in [-0.39, 0.29) is 11.7 Å². The van der Waals surface area contributed by atoms with Crippen LogP contribution in [0.4, 0.5) is 4.39 Å². The summed E-state index contributed by atoms with van der Waals surface area (Å²) < 4.78 is 24.9. The molecule has 2 heterocycles. The van der Waals surface area contributed by atoms with Gasteiger partial charge in [0.25, 0.3) is 5.91 Å². The molecule has 0 radical (unpaired) electrons. The lowest BCUT2D eigenvalue weighted by molar-refractivity contribution is -0.131. The van der Waals surface area contributed by atoms with Crippen molar-refractivity contribution in [2.24, 2.45) is 0 Å². The summed E-state index contributed by atoms with van der Waals surface area (Å²) in [4.78, 5) is 25.1. The number of ether oxygens (including phenoxy) is 2. The molecule has 1 aliphatic heterocycles. The van der Waals surface area contributed by atoms with Gasteiger partial charge < -0.3 is 14.8 Å². The molecular formula is C18H18FNO4S. The molecule has 1 aliphatic rings. The van der Waals surface area contributed by atoms with Gasteiger partial charge in [-0.2, -0.15) is 0 Å². The van der Waals surface area contributed by atoms with E-state index in [2.05, 4.69) is 5.32 Å². The van der Waals surface area contributed by atoms with E-state index < -0.39 is 23.8 Å². The maximum absolute atomic E-state index is 14.1. The Kier molecular flexibility index (Phi) is 5.78. The zero-order chi connectivity index (χ0) is 17.6. The van der Waals surface area contributed by atoms with Crippen molar-refractivity contribution < 1.29 is 23.5 Å². The molecule has 25 heavy (non-hydrogen) atoms. The van der Waals surface area contributed by atoms with Crippen LogP contribution in [0.25, 0.3) is 0 Å². The second kappa shape index (κ2) is 8.22. The van der Waals surface area contributed by atoms with E-state index in [9.17, 15) is 14.0 Å². The Morgan fingerprint density at radius 1 is 1.32 bits per heavy atom. The van der Waals surface area contributed by atoms with Crippen molar-refractivity contribution in [2.75, 3.05) is 13.2 Å². The molecule has 1 aromatic heterocycles. The number of hydrogen-bond acceptors (Lipinski definition) is 5. The Hall–Kier alpha value is -2.25. The Morgan fingerprint density at radius 3 is 2.84 bits per heavy atom. The van der Waals surface area contributed by atoms with Crippen molar-refractivity contribution in [2.45, 2.75) is 25.0 Å². The molecule has 0 spiro atoms. The van der Waals surface area contributed by atoms with E-state index in [1.54, 1.807) is 23.6 Å². The minimum atomic E-state index is -1.35. The average Bonchev–Trinajstić information content (AvgIpc) is 3.31. The summed E-state index contributed by atoms with van der Waals surface area (Å²) in [5, 5.41) is 4.43. The van der Waals surface area contributed by atoms with E-state index in [1.807, 2.05) is 0 Å². The number of benzene rings is 1. The maximum Gasteiger partial charge on any atom is 0.349 e. The standard InChI is InChI=1S/C18H18FNO4S/c19-14-7-2-1-6-13(14)16(24-18(22)15-8-4-10-25-15)17(21)20-11-12-5-3-9-23-12/h1-2,4,6-8,10,12,16H,3,5,9,11H2,(H,20,21). The zero-order valence-corrected chi connectivity index (χ0v) is 14.3. The smallest absolute Gasteiger partial charge is 0.349 e. The fourth-order valence-electron chi connectivity index (χ4n) is 2.62. The first-order valence-corrected chi connectivity index (χ1v) is 8.91. The summed E-state index contributed by atoms with van der Waals surface area (Å²) in [6, 6.07) is 9.08. The molecule has 0 bridgehead atoms. The molecule has 1 N–H and O–H groups in total. The molecule has 5 nitrogen and oxygen atoms in total. The van der Waals surface area contributed by atoms with E-state index in [0.717, 1.165) is 12.8 Å². The maximum atomic E-state index is 14.1. The van der Waals surface area contributed by atoms with Crippen LogP contribution in [-0.4, -0.2) is 31.1 Å². The summed E-state index contributed by atoms with van der Waals surface area (Å²) in [7, 11) is 0. The van der Waals surface area contributed by atoms with Gasteiger partial charge in [-0.1, -0.05) is 24.3 Å². The quantitative estimate of drug-likeness (QED) is 0.801. The highest BCUT2D eigenvalue weighted by Gasteiger charge is 2.29. The van der Waals surface area contributed by atoms with Gasteiger partial charge in [0.1, 0.15) is 10.7 Å². The van der Waals surface area contributed by atoms with Gasteiger partial charge in [0.2, 0.25) is 6.10 Å². The number of hydrogen-bond donors (Lipinski definition) is 1. The highest BCUT2D eigenvalue weighted by Crippen LogP contribution is 2.24. The Balaban J connectivity index is 1.74. The molecule has 2 unspecified atom stereocenters. The first-order valence-electron chi connectivity index (χ1n) is 8.03. The number of amides is 1. The minimum absolute atomic E-state index is 0.0252. The van der Waals surface area contributed by atoms with E-state index >= 15 is 0 Å². The van der Waals surface area contributed by atoms with Crippen LogP contribution >= 0.6 is 11.3 Å². The normalized spacial score (nSPS) is 17.9. The van der Waals surface area contributed by atoms with Crippen LogP contribution in [0.1, 0.15) is 34.2 Å². The summed E-state index contributed by atoms with van der Waals surface area (Å²) in [6.07, 6.45) is 0.403. The largest absolute Gasteiger partial charge is 0.443 e. The van der Waals surface area contributed by atoms with Gasteiger partial charge in [0.15, 0.2) is 0 Å². The molecule has 7 heteroatoms. The fraction of sp³-hybridized carbons (Fsp3) is 0.333. The lowest BCUT2D eigenvalue weighted by Crippen LogP contribution is -2.37. The van der Waals surface area contributed by atoms with E-state index in [1.165, 1.54) is 29.5 Å². The number of thiophene rings is 1. The van der Waals surface area contributed by atoms with Crippen molar-refractivity contribution in [1.82, 2.24) is 5.32 Å². The van der Waals surface area contributed by atoms with Gasteiger partial charge in [-0.15, -0.1) is 11.3 Å². The number of halogens is 1. The Labute approximate surface area is 148 Å². The summed E-state index contributed by atoms with van der Waals surface area (Å²) >= 11 is 1.20. The second-order valence-corrected chi connectivity index (χ2v) is 6.61. The topological polar surface area (TPSA) is 64.6 Å². The molecule has 3 rings (SSSR count). The van der Waals surface area contributed by atoms with Crippen LogP contribution in [0.2, 0.25) is 0 Å².